The topological polar surface area (TPSA) is 59.8 Å². The SMILES string of the molecule is O=C(Cn1cnc(I)n1)Nc1cccc(C(F)(F)F)c1. The van der Waals surface area contributed by atoms with Crippen molar-refractivity contribution >= 4 is 34.2 Å². The first kappa shape index (κ1) is 14.8. The Morgan fingerprint density at radius 2 is 2.15 bits per heavy atom. The van der Waals surface area contributed by atoms with E-state index in [1.807, 2.05) is 22.6 Å². The first-order chi connectivity index (χ1) is 9.34. The zero-order chi connectivity index (χ0) is 14.8. The standard InChI is InChI=1S/C11H8F3IN4O/c12-11(13,14)7-2-1-3-8(4-7)17-9(20)5-19-6-16-10(15)18-19/h1-4,6H,5H2,(H,17,20). The molecule has 1 N–H and O–H groups in total. The van der Waals surface area contributed by atoms with Crippen LogP contribution in [0.4, 0.5) is 18.9 Å². The van der Waals surface area contributed by atoms with Crippen LogP contribution >= 0.6 is 22.6 Å². The van der Waals surface area contributed by atoms with Gasteiger partial charge in [0.15, 0.2) is 0 Å². The maximum absolute atomic E-state index is 12.5. The molecule has 1 aromatic carbocycles. The maximum Gasteiger partial charge on any atom is 0.416 e. The van der Waals surface area contributed by atoms with Gasteiger partial charge in [-0.3, -0.25) is 4.79 Å². The Morgan fingerprint density at radius 1 is 1.40 bits per heavy atom. The van der Waals surface area contributed by atoms with E-state index in [9.17, 15) is 18.0 Å². The minimum atomic E-state index is -4.44. The van der Waals surface area contributed by atoms with E-state index in [-0.39, 0.29) is 12.2 Å². The summed E-state index contributed by atoms with van der Waals surface area (Å²) >= 11 is 1.88. The molecule has 0 spiro atoms. The summed E-state index contributed by atoms with van der Waals surface area (Å²) < 4.78 is 39.3. The van der Waals surface area contributed by atoms with Crippen LogP contribution in [0.25, 0.3) is 0 Å². The lowest BCUT2D eigenvalue weighted by Crippen LogP contribution is -2.19. The Kier molecular flexibility index (Phi) is 4.26. The van der Waals surface area contributed by atoms with Gasteiger partial charge in [0.2, 0.25) is 9.74 Å². The molecule has 2 aromatic rings. The van der Waals surface area contributed by atoms with Gasteiger partial charge in [0.05, 0.1) is 5.56 Å². The second kappa shape index (κ2) is 5.77. The second-order valence-corrected chi connectivity index (χ2v) is 4.80. The third-order valence-corrected chi connectivity index (χ3v) is 2.78. The molecule has 0 saturated carbocycles. The molecule has 1 amide bonds. The number of hydrogen-bond acceptors (Lipinski definition) is 3. The number of benzene rings is 1. The van der Waals surface area contributed by atoms with Gasteiger partial charge in [-0.2, -0.15) is 13.2 Å². The molecule has 2 rings (SSSR count). The van der Waals surface area contributed by atoms with Crippen LogP contribution in [-0.2, 0) is 17.5 Å². The first-order valence-corrected chi connectivity index (χ1v) is 6.44. The Hall–Kier alpha value is -1.65. The molecule has 1 heterocycles. The molecular weight excluding hydrogens is 388 g/mol. The van der Waals surface area contributed by atoms with Crippen molar-refractivity contribution in [3.63, 3.8) is 0 Å². The van der Waals surface area contributed by atoms with Crippen LogP contribution in [0.2, 0.25) is 0 Å². The summed E-state index contributed by atoms with van der Waals surface area (Å²) in [5, 5.41) is 6.28. The predicted molar refractivity (Wildman–Crippen MR) is 72.8 cm³/mol. The molecule has 0 atom stereocenters. The third kappa shape index (κ3) is 3.92. The van der Waals surface area contributed by atoms with Crippen LogP contribution in [0.15, 0.2) is 30.6 Å². The zero-order valence-corrected chi connectivity index (χ0v) is 12.0. The number of nitrogens with zero attached hydrogens (tertiary/aromatic N) is 3. The molecular formula is C11H8F3IN4O. The van der Waals surface area contributed by atoms with Crippen LogP contribution in [0.1, 0.15) is 5.56 Å². The highest BCUT2D eigenvalue weighted by atomic mass is 127. The van der Waals surface area contributed by atoms with Crippen molar-refractivity contribution in [2.24, 2.45) is 0 Å². The zero-order valence-electron chi connectivity index (χ0n) is 9.86. The van der Waals surface area contributed by atoms with Gasteiger partial charge < -0.3 is 5.32 Å². The highest BCUT2D eigenvalue weighted by molar-refractivity contribution is 14.1. The third-order valence-electron chi connectivity index (χ3n) is 2.29. The summed E-state index contributed by atoms with van der Waals surface area (Å²) in [5.41, 5.74) is -0.731. The largest absolute Gasteiger partial charge is 0.416 e. The van der Waals surface area contributed by atoms with Crippen molar-refractivity contribution in [2.45, 2.75) is 12.7 Å². The second-order valence-electron chi connectivity index (χ2n) is 3.84. The van der Waals surface area contributed by atoms with Crippen molar-refractivity contribution in [3.05, 3.63) is 40.0 Å². The molecule has 5 nitrogen and oxygen atoms in total. The molecule has 0 saturated heterocycles. The number of anilines is 1. The number of alkyl halides is 3. The van der Waals surface area contributed by atoms with Crippen molar-refractivity contribution in [2.75, 3.05) is 5.32 Å². The Balaban J connectivity index is 2.04. The predicted octanol–water partition coefficient (Wildman–Crippen LogP) is 2.54. The smallest absolute Gasteiger partial charge is 0.324 e. The fraction of sp³-hybridized carbons (Fsp3) is 0.182. The number of carbonyl (C=O) groups is 1. The number of rotatable bonds is 3. The normalized spacial score (nSPS) is 11.4. The summed E-state index contributed by atoms with van der Waals surface area (Å²) in [6.45, 7) is -0.119. The van der Waals surface area contributed by atoms with Crippen LogP contribution in [0, 0.1) is 3.83 Å². The Morgan fingerprint density at radius 3 is 2.75 bits per heavy atom. The monoisotopic (exact) mass is 396 g/mol. The average molecular weight is 396 g/mol. The van der Waals surface area contributed by atoms with Gasteiger partial charge in [-0.1, -0.05) is 6.07 Å². The van der Waals surface area contributed by atoms with E-state index in [4.69, 9.17) is 0 Å². The van der Waals surface area contributed by atoms with Crippen LogP contribution < -0.4 is 5.32 Å². The molecule has 0 radical (unpaired) electrons. The van der Waals surface area contributed by atoms with E-state index in [1.54, 1.807) is 0 Å². The Bertz CT molecular complexity index is 626. The van der Waals surface area contributed by atoms with Crippen LogP contribution in [0.3, 0.4) is 0 Å². The average Bonchev–Trinajstić information content (AvgIpc) is 2.73. The summed E-state index contributed by atoms with van der Waals surface area (Å²) in [4.78, 5) is 15.5. The fourth-order valence-electron chi connectivity index (χ4n) is 1.47. The van der Waals surface area contributed by atoms with E-state index in [0.717, 1.165) is 12.1 Å². The van der Waals surface area contributed by atoms with Crippen molar-refractivity contribution < 1.29 is 18.0 Å². The summed E-state index contributed by atoms with van der Waals surface area (Å²) in [6, 6.07) is 4.44. The van der Waals surface area contributed by atoms with Gasteiger partial charge in [0.1, 0.15) is 12.9 Å². The molecule has 9 heteroatoms. The van der Waals surface area contributed by atoms with Gasteiger partial charge in [0.25, 0.3) is 0 Å². The lowest BCUT2D eigenvalue weighted by atomic mass is 10.2. The number of hydrogen-bond donors (Lipinski definition) is 1. The summed E-state index contributed by atoms with van der Waals surface area (Å²) in [6.07, 6.45) is -3.07. The summed E-state index contributed by atoms with van der Waals surface area (Å²) in [5.74, 6) is -0.481. The van der Waals surface area contributed by atoms with E-state index < -0.39 is 17.6 Å². The highest BCUT2D eigenvalue weighted by Crippen LogP contribution is 2.30. The van der Waals surface area contributed by atoms with Crippen molar-refractivity contribution in [3.8, 4) is 0 Å². The van der Waals surface area contributed by atoms with Gasteiger partial charge in [-0.15, -0.1) is 5.10 Å². The van der Waals surface area contributed by atoms with Crippen molar-refractivity contribution in [1.82, 2.24) is 14.8 Å². The molecule has 1 aromatic heterocycles. The molecule has 0 fully saturated rings. The van der Waals surface area contributed by atoms with E-state index >= 15 is 0 Å². The molecule has 106 valence electrons. The van der Waals surface area contributed by atoms with Gasteiger partial charge in [-0.05, 0) is 18.2 Å². The first-order valence-electron chi connectivity index (χ1n) is 5.36. The van der Waals surface area contributed by atoms with Crippen molar-refractivity contribution in [1.29, 1.82) is 0 Å². The maximum atomic E-state index is 12.5. The fourth-order valence-corrected chi connectivity index (χ4v) is 1.87. The quantitative estimate of drug-likeness (QED) is 0.812. The number of halogens is 4. The van der Waals surface area contributed by atoms with Gasteiger partial charge >= 0.3 is 6.18 Å². The van der Waals surface area contributed by atoms with E-state index in [1.165, 1.54) is 23.1 Å². The number of aromatic nitrogens is 3. The molecule has 0 aliphatic heterocycles. The minimum Gasteiger partial charge on any atom is -0.324 e. The minimum absolute atomic E-state index is 0.0830. The number of nitrogens with one attached hydrogen (secondary N) is 1. The summed E-state index contributed by atoms with van der Waals surface area (Å²) in [7, 11) is 0. The van der Waals surface area contributed by atoms with Crippen LogP contribution in [-0.4, -0.2) is 20.7 Å². The molecule has 0 unspecified atom stereocenters. The molecule has 0 bridgehead atoms. The molecule has 0 aliphatic carbocycles. The van der Waals surface area contributed by atoms with E-state index in [2.05, 4.69) is 15.4 Å². The van der Waals surface area contributed by atoms with Gasteiger partial charge in [-0.25, -0.2) is 9.67 Å². The highest BCUT2D eigenvalue weighted by Gasteiger charge is 2.30. The Labute approximate surface area is 125 Å². The number of carbonyl (C=O) groups excluding carboxylic acids is 1. The molecule has 0 aliphatic rings. The lowest BCUT2D eigenvalue weighted by molar-refractivity contribution is -0.137. The van der Waals surface area contributed by atoms with E-state index in [0.29, 0.717) is 3.83 Å². The van der Waals surface area contributed by atoms with Gasteiger partial charge in [0, 0.05) is 28.3 Å². The lowest BCUT2D eigenvalue weighted by Gasteiger charge is -2.09. The number of amides is 1. The van der Waals surface area contributed by atoms with Crippen LogP contribution in [0.5, 0.6) is 0 Å². The molecule has 20 heavy (non-hydrogen) atoms.